The second-order valence-electron chi connectivity index (χ2n) is 18.4. The zero-order valence-corrected chi connectivity index (χ0v) is 37.7. The van der Waals surface area contributed by atoms with Crippen LogP contribution in [0.5, 0.6) is 0 Å². The molecule has 322 valence electrons. The number of hydrogen-bond donors (Lipinski definition) is 0. The SMILES string of the molecule is CC1(C)c2ccccc2-c2ccc(N(c3ccc(-c4ccccc4)cc3)c3ccc(-c4cccc5c(=O)c6cccc(-c7ccc8c(c7)c7ccccc7n8-c7ccccc7)c6oc45)cc3)cc21. The van der Waals surface area contributed by atoms with Gasteiger partial charge in [-0.25, -0.2) is 0 Å². The van der Waals surface area contributed by atoms with Crippen molar-refractivity contribution in [3.8, 4) is 50.2 Å². The van der Waals surface area contributed by atoms with Crippen LogP contribution in [0.2, 0.25) is 0 Å². The number of nitrogens with zero attached hydrogens (tertiary/aromatic N) is 2. The van der Waals surface area contributed by atoms with Crippen LogP contribution >= 0.6 is 0 Å². The molecule has 0 fully saturated rings. The molecule has 0 spiro atoms. The Kier molecular flexibility index (Phi) is 8.99. The van der Waals surface area contributed by atoms with Gasteiger partial charge < -0.3 is 13.9 Å². The zero-order valence-electron chi connectivity index (χ0n) is 37.7. The van der Waals surface area contributed by atoms with Crippen molar-refractivity contribution >= 4 is 60.8 Å². The van der Waals surface area contributed by atoms with Gasteiger partial charge in [-0.2, -0.15) is 0 Å². The molecule has 2 aromatic heterocycles. The van der Waals surface area contributed by atoms with Crippen molar-refractivity contribution < 1.29 is 4.42 Å². The predicted octanol–water partition coefficient (Wildman–Crippen LogP) is 16.8. The fraction of sp³-hybridized carbons (Fsp3) is 0.0469. The third-order valence-electron chi connectivity index (χ3n) is 14.2. The van der Waals surface area contributed by atoms with Crippen LogP contribution < -0.4 is 10.3 Å². The van der Waals surface area contributed by atoms with Crippen LogP contribution in [0.25, 0.3) is 93.9 Å². The van der Waals surface area contributed by atoms with Crippen LogP contribution in [0, 0.1) is 0 Å². The van der Waals surface area contributed by atoms with E-state index < -0.39 is 0 Å². The molecule has 68 heavy (non-hydrogen) atoms. The molecule has 0 amide bonds. The van der Waals surface area contributed by atoms with E-state index in [9.17, 15) is 4.79 Å². The first kappa shape index (κ1) is 39.6. The molecular formula is C64H44N2O2. The molecule has 0 atom stereocenters. The molecule has 0 radical (unpaired) electrons. The number of fused-ring (bicyclic) bond motifs is 8. The first-order valence-corrected chi connectivity index (χ1v) is 23.3. The van der Waals surface area contributed by atoms with Crippen molar-refractivity contribution in [2.45, 2.75) is 19.3 Å². The maximum atomic E-state index is 14.5. The topological polar surface area (TPSA) is 38.4 Å². The Hall–Kier alpha value is -8.73. The highest BCUT2D eigenvalue weighted by molar-refractivity contribution is 6.11. The van der Waals surface area contributed by atoms with Crippen molar-refractivity contribution in [3.63, 3.8) is 0 Å². The molecule has 1 aliphatic rings. The highest BCUT2D eigenvalue weighted by Crippen LogP contribution is 2.51. The van der Waals surface area contributed by atoms with Gasteiger partial charge in [-0.15, -0.1) is 0 Å². The lowest BCUT2D eigenvalue weighted by Gasteiger charge is -2.28. The summed E-state index contributed by atoms with van der Waals surface area (Å²) in [6, 6.07) is 81.1. The van der Waals surface area contributed by atoms with Crippen LogP contribution in [0.15, 0.2) is 240 Å². The second kappa shape index (κ2) is 15.4. The van der Waals surface area contributed by atoms with Crippen molar-refractivity contribution in [2.24, 2.45) is 0 Å². The van der Waals surface area contributed by atoms with E-state index in [-0.39, 0.29) is 10.8 Å². The molecule has 4 nitrogen and oxygen atoms in total. The molecule has 0 unspecified atom stereocenters. The Balaban J connectivity index is 0.925. The summed E-state index contributed by atoms with van der Waals surface area (Å²) in [5.41, 5.74) is 18.8. The smallest absolute Gasteiger partial charge is 0.200 e. The molecule has 0 N–H and O–H groups in total. The molecule has 13 rings (SSSR count). The summed E-state index contributed by atoms with van der Waals surface area (Å²) >= 11 is 0. The van der Waals surface area contributed by atoms with Gasteiger partial charge in [-0.1, -0.05) is 166 Å². The van der Waals surface area contributed by atoms with E-state index in [1.807, 2.05) is 30.3 Å². The zero-order chi connectivity index (χ0) is 45.5. The van der Waals surface area contributed by atoms with Crippen LogP contribution in [-0.4, -0.2) is 4.57 Å². The average Bonchev–Trinajstić information content (AvgIpc) is 3.84. The lowest BCUT2D eigenvalue weighted by atomic mass is 9.82. The minimum atomic E-state index is -0.146. The fourth-order valence-electron chi connectivity index (χ4n) is 10.9. The van der Waals surface area contributed by atoms with Crippen LogP contribution in [0.1, 0.15) is 25.0 Å². The summed E-state index contributed by atoms with van der Waals surface area (Å²) in [7, 11) is 0. The van der Waals surface area contributed by atoms with E-state index >= 15 is 0 Å². The quantitative estimate of drug-likeness (QED) is 0.150. The summed E-state index contributed by atoms with van der Waals surface area (Å²) in [5.74, 6) is 0. The number of anilines is 3. The fourth-order valence-corrected chi connectivity index (χ4v) is 10.9. The Morgan fingerprint density at radius 1 is 0.382 bits per heavy atom. The second-order valence-corrected chi connectivity index (χ2v) is 18.4. The molecule has 0 saturated carbocycles. The van der Waals surface area contributed by atoms with E-state index in [4.69, 9.17) is 4.42 Å². The molecule has 2 heterocycles. The van der Waals surface area contributed by atoms with Gasteiger partial charge in [0.1, 0.15) is 11.2 Å². The number of para-hydroxylation sites is 4. The summed E-state index contributed by atoms with van der Waals surface area (Å²) in [6.07, 6.45) is 0. The van der Waals surface area contributed by atoms with E-state index in [1.165, 1.54) is 38.8 Å². The monoisotopic (exact) mass is 872 g/mol. The lowest BCUT2D eigenvalue weighted by Crippen LogP contribution is -2.16. The standard InChI is InChI=1S/C64H44N2O2/c1-64(2)57-25-11-9-19-51(57)52-37-36-48(40-58(52)64)65(46-32-27-42(28-33-46)41-15-5-3-6-16-41)47-34-29-43(30-35-47)49-21-13-23-54-61(67)55-24-14-22-50(63(55)68-62(49)54)44-31-38-60-56(39-44)53-20-10-12-26-59(53)66(60)45-17-7-4-8-18-45/h3-40H,1-2H3. The predicted molar refractivity (Wildman–Crippen MR) is 283 cm³/mol. The third kappa shape index (κ3) is 6.18. The Morgan fingerprint density at radius 2 is 0.897 bits per heavy atom. The van der Waals surface area contributed by atoms with Gasteiger partial charge in [-0.05, 0) is 123 Å². The summed E-state index contributed by atoms with van der Waals surface area (Å²) < 4.78 is 9.32. The highest BCUT2D eigenvalue weighted by atomic mass is 16.3. The van der Waals surface area contributed by atoms with E-state index in [1.54, 1.807) is 0 Å². The van der Waals surface area contributed by atoms with Crippen molar-refractivity contribution in [1.82, 2.24) is 4.57 Å². The average molecular weight is 873 g/mol. The number of aromatic nitrogens is 1. The molecule has 0 saturated heterocycles. The first-order chi connectivity index (χ1) is 33.4. The largest absolute Gasteiger partial charge is 0.455 e. The number of hydrogen-bond acceptors (Lipinski definition) is 3. The molecular weight excluding hydrogens is 829 g/mol. The maximum absolute atomic E-state index is 14.5. The Labute approximate surface area is 394 Å². The number of benzene rings is 10. The minimum absolute atomic E-state index is 0.0462. The molecule has 12 aromatic rings. The lowest BCUT2D eigenvalue weighted by molar-refractivity contribution is 0.660. The van der Waals surface area contributed by atoms with E-state index in [0.29, 0.717) is 21.9 Å². The summed E-state index contributed by atoms with van der Waals surface area (Å²) in [6.45, 7) is 4.66. The van der Waals surface area contributed by atoms with Gasteiger partial charge in [0.2, 0.25) is 5.43 Å². The third-order valence-corrected chi connectivity index (χ3v) is 14.2. The van der Waals surface area contributed by atoms with E-state index in [2.05, 4.69) is 224 Å². The normalized spacial score (nSPS) is 12.7. The molecule has 10 aromatic carbocycles. The minimum Gasteiger partial charge on any atom is -0.455 e. The highest BCUT2D eigenvalue weighted by Gasteiger charge is 2.35. The Morgan fingerprint density at radius 3 is 1.62 bits per heavy atom. The molecule has 1 aliphatic carbocycles. The van der Waals surface area contributed by atoms with Gasteiger partial charge in [0.25, 0.3) is 0 Å². The molecule has 0 bridgehead atoms. The maximum Gasteiger partial charge on any atom is 0.200 e. The first-order valence-electron chi connectivity index (χ1n) is 23.3. The van der Waals surface area contributed by atoms with E-state index in [0.717, 1.165) is 61.4 Å². The van der Waals surface area contributed by atoms with Crippen molar-refractivity contribution in [3.05, 3.63) is 252 Å². The van der Waals surface area contributed by atoms with Crippen molar-refractivity contribution in [1.29, 1.82) is 0 Å². The van der Waals surface area contributed by atoms with Gasteiger partial charge in [0, 0.05) is 50.1 Å². The molecule has 0 aliphatic heterocycles. The molecule has 4 heteroatoms. The summed E-state index contributed by atoms with van der Waals surface area (Å²) in [4.78, 5) is 16.8. The Bertz CT molecular complexity index is 4000. The van der Waals surface area contributed by atoms with Gasteiger partial charge in [0.05, 0.1) is 21.8 Å². The van der Waals surface area contributed by atoms with Gasteiger partial charge >= 0.3 is 0 Å². The summed E-state index contributed by atoms with van der Waals surface area (Å²) in [5, 5.41) is 3.42. The van der Waals surface area contributed by atoms with Crippen LogP contribution in [-0.2, 0) is 5.41 Å². The van der Waals surface area contributed by atoms with Crippen LogP contribution in [0.4, 0.5) is 17.1 Å². The van der Waals surface area contributed by atoms with Crippen molar-refractivity contribution in [2.75, 3.05) is 4.90 Å². The van der Waals surface area contributed by atoms with Gasteiger partial charge in [-0.3, -0.25) is 4.79 Å². The van der Waals surface area contributed by atoms with Gasteiger partial charge in [0.15, 0.2) is 0 Å². The number of rotatable bonds is 7. The van der Waals surface area contributed by atoms with Crippen LogP contribution in [0.3, 0.4) is 0 Å².